The Labute approximate surface area is 77.9 Å². The summed E-state index contributed by atoms with van der Waals surface area (Å²) in [5.74, 6) is 0.0270. The first kappa shape index (κ1) is 9.77. The first-order chi connectivity index (χ1) is 6.06. The molecule has 1 rings (SSSR count). The number of carbonyl (C=O) groups excluding carboxylic acids is 1. The van der Waals surface area contributed by atoms with Crippen molar-refractivity contribution in [2.24, 2.45) is 7.05 Å². The van der Waals surface area contributed by atoms with Crippen molar-refractivity contribution in [1.29, 1.82) is 0 Å². The summed E-state index contributed by atoms with van der Waals surface area (Å²) in [6, 6.07) is 0. The van der Waals surface area contributed by atoms with Crippen molar-refractivity contribution in [3.05, 3.63) is 11.4 Å². The van der Waals surface area contributed by atoms with Crippen LogP contribution in [0.4, 0.5) is 5.69 Å². The molecule has 0 saturated carbocycles. The van der Waals surface area contributed by atoms with Crippen LogP contribution in [0.5, 0.6) is 0 Å². The molecule has 1 amide bonds. The van der Waals surface area contributed by atoms with E-state index in [1.807, 2.05) is 27.8 Å². The van der Waals surface area contributed by atoms with Crippen LogP contribution in [0.3, 0.4) is 0 Å². The number of rotatable bonds is 2. The zero-order valence-electron chi connectivity index (χ0n) is 8.51. The minimum absolute atomic E-state index is 0.0270. The number of amides is 1. The second kappa shape index (κ2) is 3.60. The van der Waals surface area contributed by atoms with Gasteiger partial charge in [0.2, 0.25) is 5.91 Å². The lowest BCUT2D eigenvalue weighted by molar-refractivity contribution is -0.115. The lowest BCUT2D eigenvalue weighted by atomic mass is 10.3. The van der Waals surface area contributed by atoms with E-state index < -0.39 is 0 Å². The molecular formula is C9H15N3O. The molecule has 72 valence electrons. The molecule has 1 N–H and O–H groups in total. The molecule has 1 aromatic rings. The molecule has 0 bridgehead atoms. The predicted octanol–water partition coefficient (Wildman–Crippen LogP) is 1.39. The summed E-state index contributed by atoms with van der Waals surface area (Å²) < 4.78 is 1.76. The number of nitrogens with one attached hydrogen (secondary N) is 1. The average molecular weight is 181 g/mol. The van der Waals surface area contributed by atoms with Gasteiger partial charge in [-0.25, -0.2) is 0 Å². The fourth-order valence-corrected chi connectivity index (χ4v) is 1.18. The monoisotopic (exact) mass is 181 g/mol. The summed E-state index contributed by atoms with van der Waals surface area (Å²) in [5.41, 5.74) is 2.69. The van der Waals surface area contributed by atoms with Crippen LogP contribution in [-0.2, 0) is 11.8 Å². The van der Waals surface area contributed by atoms with Crippen LogP contribution in [0.1, 0.15) is 24.7 Å². The first-order valence-electron chi connectivity index (χ1n) is 4.36. The van der Waals surface area contributed by atoms with Gasteiger partial charge >= 0.3 is 0 Å². The Kier molecular flexibility index (Phi) is 2.70. The number of anilines is 1. The van der Waals surface area contributed by atoms with E-state index in [0.717, 1.165) is 17.1 Å². The number of aryl methyl sites for hydroxylation is 2. The third-order valence-corrected chi connectivity index (χ3v) is 2.09. The molecule has 0 unspecified atom stereocenters. The fraction of sp³-hybridized carbons (Fsp3) is 0.556. The lowest BCUT2D eigenvalue weighted by Crippen LogP contribution is -2.10. The van der Waals surface area contributed by atoms with Crippen molar-refractivity contribution in [3.63, 3.8) is 0 Å². The largest absolute Gasteiger partial charge is 0.323 e. The number of hydrogen-bond donors (Lipinski definition) is 1. The summed E-state index contributed by atoms with van der Waals surface area (Å²) in [7, 11) is 1.87. The van der Waals surface area contributed by atoms with Crippen molar-refractivity contribution in [1.82, 2.24) is 9.78 Å². The standard InChI is InChI=1S/C9H15N3O/c1-5-8(13)10-9-6(2)11-12(4)7(9)3/h5H2,1-4H3,(H,10,13). The van der Waals surface area contributed by atoms with Crippen LogP contribution in [0, 0.1) is 13.8 Å². The smallest absolute Gasteiger partial charge is 0.224 e. The molecule has 1 heterocycles. The summed E-state index contributed by atoms with van der Waals surface area (Å²) in [6.07, 6.45) is 0.494. The van der Waals surface area contributed by atoms with E-state index in [-0.39, 0.29) is 5.91 Å². The Balaban J connectivity index is 2.94. The maximum Gasteiger partial charge on any atom is 0.224 e. The van der Waals surface area contributed by atoms with Crippen LogP contribution in [-0.4, -0.2) is 15.7 Å². The molecule has 0 aliphatic rings. The Bertz CT molecular complexity index is 328. The van der Waals surface area contributed by atoms with Gasteiger partial charge < -0.3 is 5.32 Å². The van der Waals surface area contributed by atoms with Gasteiger partial charge in [0.15, 0.2) is 0 Å². The third-order valence-electron chi connectivity index (χ3n) is 2.09. The van der Waals surface area contributed by atoms with Crippen LogP contribution in [0.2, 0.25) is 0 Å². The zero-order chi connectivity index (χ0) is 10.0. The highest BCUT2D eigenvalue weighted by Crippen LogP contribution is 2.18. The molecule has 0 saturated heterocycles. The van der Waals surface area contributed by atoms with Gasteiger partial charge in [0.25, 0.3) is 0 Å². The highest BCUT2D eigenvalue weighted by atomic mass is 16.1. The number of aromatic nitrogens is 2. The summed E-state index contributed by atoms with van der Waals surface area (Å²) in [4.78, 5) is 11.1. The lowest BCUT2D eigenvalue weighted by Gasteiger charge is -2.02. The Morgan fingerprint density at radius 2 is 2.15 bits per heavy atom. The molecule has 4 nitrogen and oxygen atoms in total. The molecule has 4 heteroatoms. The molecule has 0 spiro atoms. The van der Waals surface area contributed by atoms with Crippen molar-refractivity contribution in [2.75, 3.05) is 5.32 Å². The van der Waals surface area contributed by atoms with E-state index in [2.05, 4.69) is 10.4 Å². The highest BCUT2D eigenvalue weighted by molar-refractivity contribution is 5.91. The topological polar surface area (TPSA) is 46.9 Å². The second-order valence-corrected chi connectivity index (χ2v) is 3.07. The first-order valence-corrected chi connectivity index (χ1v) is 4.36. The Morgan fingerprint density at radius 3 is 2.54 bits per heavy atom. The van der Waals surface area contributed by atoms with Gasteiger partial charge in [0, 0.05) is 13.5 Å². The van der Waals surface area contributed by atoms with Gasteiger partial charge in [0.1, 0.15) is 0 Å². The van der Waals surface area contributed by atoms with Gasteiger partial charge in [-0.1, -0.05) is 6.92 Å². The van der Waals surface area contributed by atoms with Crippen LogP contribution in [0.25, 0.3) is 0 Å². The number of carbonyl (C=O) groups is 1. The van der Waals surface area contributed by atoms with Crippen molar-refractivity contribution in [3.8, 4) is 0 Å². The van der Waals surface area contributed by atoms with Crippen LogP contribution < -0.4 is 5.32 Å². The summed E-state index contributed by atoms with van der Waals surface area (Å²) in [6.45, 7) is 5.65. The fourth-order valence-electron chi connectivity index (χ4n) is 1.18. The van der Waals surface area contributed by atoms with Gasteiger partial charge in [-0.2, -0.15) is 5.10 Å². The quantitative estimate of drug-likeness (QED) is 0.749. The summed E-state index contributed by atoms with van der Waals surface area (Å²) in [5, 5.41) is 7.03. The zero-order valence-corrected chi connectivity index (χ0v) is 8.51. The molecule has 1 aromatic heterocycles. The van der Waals surface area contributed by atoms with E-state index in [4.69, 9.17) is 0 Å². The van der Waals surface area contributed by atoms with Gasteiger partial charge in [-0.3, -0.25) is 9.48 Å². The van der Waals surface area contributed by atoms with Gasteiger partial charge in [-0.15, -0.1) is 0 Å². The maximum absolute atomic E-state index is 11.1. The molecule has 0 aliphatic heterocycles. The minimum Gasteiger partial charge on any atom is -0.323 e. The minimum atomic E-state index is 0.0270. The molecule has 0 radical (unpaired) electrons. The molecule has 0 aliphatic carbocycles. The maximum atomic E-state index is 11.1. The van der Waals surface area contributed by atoms with Gasteiger partial charge in [0.05, 0.1) is 17.1 Å². The van der Waals surface area contributed by atoms with Crippen molar-refractivity contribution < 1.29 is 4.79 Å². The Hall–Kier alpha value is -1.32. The highest BCUT2D eigenvalue weighted by Gasteiger charge is 2.10. The second-order valence-electron chi connectivity index (χ2n) is 3.07. The van der Waals surface area contributed by atoms with Crippen LogP contribution >= 0.6 is 0 Å². The van der Waals surface area contributed by atoms with E-state index >= 15 is 0 Å². The SMILES string of the molecule is CCC(=O)Nc1c(C)nn(C)c1C. The van der Waals surface area contributed by atoms with E-state index in [0.29, 0.717) is 6.42 Å². The van der Waals surface area contributed by atoms with Gasteiger partial charge in [-0.05, 0) is 13.8 Å². The average Bonchev–Trinajstić information content (AvgIpc) is 2.32. The summed E-state index contributed by atoms with van der Waals surface area (Å²) >= 11 is 0. The predicted molar refractivity (Wildman–Crippen MR) is 51.6 cm³/mol. The van der Waals surface area contributed by atoms with E-state index in [1.54, 1.807) is 4.68 Å². The van der Waals surface area contributed by atoms with E-state index in [9.17, 15) is 4.79 Å². The molecule has 0 aromatic carbocycles. The molecule has 0 atom stereocenters. The molecule has 13 heavy (non-hydrogen) atoms. The normalized spacial score (nSPS) is 10.2. The van der Waals surface area contributed by atoms with Crippen molar-refractivity contribution in [2.45, 2.75) is 27.2 Å². The van der Waals surface area contributed by atoms with Crippen LogP contribution in [0.15, 0.2) is 0 Å². The van der Waals surface area contributed by atoms with Crippen molar-refractivity contribution >= 4 is 11.6 Å². The number of hydrogen-bond acceptors (Lipinski definition) is 2. The third kappa shape index (κ3) is 1.88. The number of nitrogens with zero attached hydrogens (tertiary/aromatic N) is 2. The Morgan fingerprint density at radius 1 is 1.54 bits per heavy atom. The van der Waals surface area contributed by atoms with E-state index in [1.165, 1.54) is 0 Å². The molecule has 0 fully saturated rings. The molecular weight excluding hydrogens is 166 g/mol.